The average molecular weight is 219 g/mol. The lowest BCUT2D eigenvalue weighted by Gasteiger charge is -1.96. The molecule has 6 nitrogen and oxygen atoms in total. The van der Waals surface area contributed by atoms with Gasteiger partial charge in [-0.2, -0.15) is 4.80 Å². The van der Waals surface area contributed by atoms with E-state index in [0.717, 1.165) is 11.3 Å². The van der Waals surface area contributed by atoms with Gasteiger partial charge in [-0.05, 0) is 29.5 Å². The fourth-order valence-corrected chi connectivity index (χ4v) is 1.26. The Labute approximate surface area is 93.0 Å². The molecule has 0 bridgehead atoms. The molecule has 6 heteroatoms. The third kappa shape index (κ3) is 2.34. The van der Waals surface area contributed by atoms with E-state index in [9.17, 15) is 0 Å². The van der Waals surface area contributed by atoms with Gasteiger partial charge < -0.3 is 10.5 Å². The Morgan fingerprint density at radius 1 is 1.31 bits per heavy atom. The van der Waals surface area contributed by atoms with E-state index < -0.39 is 0 Å². The number of anilines is 1. The van der Waals surface area contributed by atoms with E-state index in [1.165, 1.54) is 4.80 Å². The highest BCUT2D eigenvalue weighted by atomic mass is 16.5. The quantitative estimate of drug-likeness (QED) is 0.760. The third-order valence-corrected chi connectivity index (χ3v) is 2.12. The van der Waals surface area contributed by atoms with Crippen LogP contribution in [0.3, 0.4) is 0 Å². The zero-order valence-corrected chi connectivity index (χ0v) is 9.00. The van der Waals surface area contributed by atoms with E-state index in [1.54, 1.807) is 7.11 Å². The number of rotatable bonds is 4. The van der Waals surface area contributed by atoms with Gasteiger partial charge in [0, 0.05) is 18.4 Å². The highest BCUT2D eigenvalue weighted by Gasteiger charge is 2.04. The molecule has 0 atom stereocenters. The van der Waals surface area contributed by atoms with Gasteiger partial charge in [-0.15, -0.1) is 10.2 Å². The molecule has 16 heavy (non-hydrogen) atoms. The molecule has 1 aromatic carbocycles. The van der Waals surface area contributed by atoms with Crippen LogP contribution in [-0.2, 0) is 11.3 Å². The molecule has 2 N–H and O–H groups in total. The number of nitrogen functional groups attached to an aromatic ring is 1. The van der Waals surface area contributed by atoms with Gasteiger partial charge in [-0.1, -0.05) is 0 Å². The third-order valence-electron chi connectivity index (χ3n) is 2.12. The van der Waals surface area contributed by atoms with E-state index in [4.69, 9.17) is 10.5 Å². The molecule has 0 aliphatic heterocycles. The predicted octanol–water partition coefficient (Wildman–Crippen LogP) is 0.569. The summed E-state index contributed by atoms with van der Waals surface area (Å²) < 4.78 is 4.93. The first-order valence-corrected chi connectivity index (χ1v) is 4.92. The second-order valence-corrected chi connectivity index (χ2v) is 3.32. The van der Waals surface area contributed by atoms with E-state index in [-0.39, 0.29) is 0 Å². The fraction of sp³-hybridized carbons (Fsp3) is 0.300. The summed E-state index contributed by atoms with van der Waals surface area (Å²) >= 11 is 0. The molecule has 0 aliphatic carbocycles. The first-order chi connectivity index (χ1) is 7.79. The number of ether oxygens (including phenoxy) is 1. The Hall–Kier alpha value is -1.95. The number of methoxy groups -OCH3 is 1. The summed E-state index contributed by atoms with van der Waals surface area (Å²) in [6.45, 7) is 1.16. The SMILES string of the molecule is COCCn1nnc(-c2ccc(N)cc2)n1. The lowest BCUT2D eigenvalue weighted by atomic mass is 10.2. The molecule has 0 spiro atoms. The Kier molecular flexibility index (Phi) is 3.11. The average Bonchev–Trinajstić information content (AvgIpc) is 2.76. The molecular formula is C10H13N5O. The monoisotopic (exact) mass is 219 g/mol. The lowest BCUT2D eigenvalue weighted by Crippen LogP contribution is -2.07. The largest absolute Gasteiger partial charge is 0.399 e. The highest BCUT2D eigenvalue weighted by Crippen LogP contribution is 2.14. The van der Waals surface area contributed by atoms with Gasteiger partial charge in [-0.25, -0.2) is 0 Å². The Morgan fingerprint density at radius 3 is 2.75 bits per heavy atom. The first kappa shape index (κ1) is 10.6. The Bertz CT molecular complexity index is 450. The molecule has 0 amide bonds. The summed E-state index contributed by atoms with van der Waals surface area (Å²) in [7, 11) is 1.64. The molecule has 0 saturated carbocycles. The number of hydrogen-bond donors (Lipinski definition) is 1. The predicted molar refractivity (Wildman–Crippen MR) is 59.5 cm³/mol. The summed E-state index contributed by atoms with van der Waals surface area (Å²) in [5.41, 5.74) is 7.22. The van der Waals surface area contributed by atoms with Crippen LogP contribution < -0.4 is 5.73 Å². The van der Waals surface area contributed by atoms with Crippen LogP contribution in [-0.4, -0.2) is 33.9 Å². The fourth-order valence-electron chi connectivity index (χ4n) is 1.26. The van der Waals surface area contributed by atoms with E-state index in [1.807, 2.05) is 24.3 Å². The topological polar surface area (TPSA) is 78.8 Å². The van der Waals surface area contributed by atoms with Crippen LogP contribution in [0.15, 0.2) is 24.3 Å². The molecule has 2 aromatic rings. The molecule has 84 valence electrons. The van der Waals surface area contributed by atoms with Crippen molar-refractivity contribution in [3.05, 3.63) is 24.3 Å². The van der Waals surface area contributed by atoms with Crippen LogP contribution in [0.25, 0.3) is 11.4 Å². The second kappa shape index (κ2) is 4.71. The maximum absolute atomic E-state index is 5.60. The van der Waals surface area contributed by atoms with Gasteiger partial charge in [0.25, 0.3) is 0 Å². The summed E-state index contributed by atoms with van der Waals surface area (Å²) in [5, 5.41) is 12.1. The van der Waals surface area contributed by atoms with Gasteiger partial charge >= 0.3 is 0 Å². The highest BCUT2D eigenvalue weighted by molar-refractivity contribution is 5.57. The normalized spacial score (nSPS) is 10.6. The number of benzene rings is 1. The van der Waals surface area contributed by atoms with Gasteiger partial charge in [0.15, 0.2) is 0 Å². The molecule has 0 aliphatic rings. The minimum Gasteiger partial charge on any atom is -0.399 e. The molecule has 0 fully saturated rings. The van der Waals surface area contributed by atoms with Crippen molar-refractivity contribution >= 4 is 5.69 Å². The van der Waals surface area contributed by atoms with Crippen LogP contribution in [0.4, 0.5) is 5.69 Å². The van der Waals surface area contributed by atoms with Crippen molar-refractivity contribution < 1.29 is 4.74 Å². The Morgan fingerprint density at radius 2 is 2.06 bits per heavy atom. The molecule has 0 unspecified atom stereocenters. The van der Waals surface area contributed by atoms with Crippen molar-refractivity contribution in [3.8, 4) is 11.4 Å². The van der Waals surface area contributed by atoms with Crippen LogP contribution in [0.5, 0.6) is 0 Å². The first-order valence-electron chi connectivity index (χ1n) is 4.92. The Balaban J connectivity index is 2.15. The summed E-state index contributed by atoms with van der Waals surface area (Å²) in [6, 6.07) is 7.36. The van der Waals surface area contributed by atoms with Crippen molar-refractivity contribution in [2.24, 2.45) is 0 Å². The molecule has 1 heterocycles. The minimum atomic E-state index is 0.567. The van der Waals surface area contributed by atoms with E-state index in [2.05, 4.69) is 15.4 Å². The molecule has 2 rings (SSSR count). The zero-order valence-electron chi connectivity index (χ0n) is 9.00. The van der Waals surface area contributed by atoms with Crippen molar-refractivity contribution in [3.63, 3.8) is 0 Å². The van der Waals surface area contributed by atoms with Crippen LogP contribution in [0.1, 0.15) is 0 Å². The summed E-state index contributed by atoms with van der Waals surface area (Å²) in [5.74, 6) is 0.594. The molecule has 1 aromatic heterocycles. The van der Waals surface area contributed by atoms with Crippen molar-refractivity contribution in [2.75, 3.05) is 19.5 Å². The van der Waals surface area contributed by atoms with Crippen molar-refractivity contribution in [2.45, 2.75) is 6.54 Å². The maximum atomic E-state index is 5.60. The number of aromatic nitrogens is 4. The second-order valence-electron chi connectivity index (χ2n) is 3.32. The maximum Gasteiger partial charge on any atom is 0.204 e. The van der Waals surface area contributed by atoms with Gasteiger partial charge in [0.2, 0.25) is 5.82 Å². The van der Waals surface area contributed by atoms with Crippen LogP contribution >= 0.6 is 0 Å². The van der Waals surface area contributed by atoms with E-state index >= 15 is 0 Å². The number of nitrogens with two attached hydrogens (primary N) is 1. The summed E-state index contributed by atoms with van der Waals surface area (Å²) in [4.78, 5) is 1.51. The minimum absolute atomic E-state index is 0.567. The standard InChI is InChI=1S/C10H13N5O/c1-16-7-6-15-13-10(12-14-15)8-2-4-9(11)5-3-8/h2-5H,6-7,11H2,1H3. The van der Waals surface area contributed by atoms with Crippen LogP contribution in [0, 0.1) is 0 Å². The van der Waals surface area contributed by atoms with Crippen LogP contribution in [0.2, 0.25) is 0 Å². The number of nitrogens with zero attached hydrogens (tertiary/aromatic N) is 4. The molecular weight excluding hydrogens is 206 g/mol. The van der Waals surface area contributed by atoms with Crippen molar-refractivity contribution in [1.29, 1.82) is 0 Å². The number of hydrogen-bond acceptors (Lipinski definition) is 5. The lowest BCUT2D eigenvalue weighted by molar-refractivity contribution is 0.178. The van der Waals surface area contributed by atoms with E-state index in [0.29, 0.717) is 19.0 Å². The zero-order chi connectivity index (χ0) is 11.4. The molecule has 0 saturated heterocycles. The number of tetrazole rings is 1. The van der Waals surface area contributed by atoms with Gasteiger partial charge in [0.1, 0.15) is 0 Å². The van der Waals surface area contributed by atoms with Crippen molar-refractivity contribution in [1.82, 2.24) is 20.2 Å². The van der Waals surface area contributed by atoms with Gasteiger partial charge in [-0.3, -0.25) is 0 Å². The summed E-state index contributed by atoms with van der Waals surface area (Å²) in [6.07, 6.45) is 0. The molecule has 0 radical (unpaired) electrons. The van der Waals surface area contributed by atoms with Gasteiger partial charge in [0.05, 0.1) is 13.2 Å². The smallest absolute Gasteiger partial charge is 0.204 e.